The lowest BCUT2D eigenvalue weighted by molar-refractivity contribution is -0.136. The van der Waals surface area contributed by atoms with E-state index in [1.807, 2.05) is 12.1 Å². The first kappa shape index (κ1) is 14.0. The van der Waals surface area contributed by atoms with E-state index in [2.05, 4.69) is 29.8 Å². The van der Waals surface area contributed by atoms with Gasteiger partial charge in [0.15, 0.2) is 0 Å². The van der Waals surface area contributed by atoms with Crippen molar-refractivity contribution in [3.63, 3.8) is 0 Å². The van der Waals surface area contributed by atoms with Crippen LogP contribution < -0.4 is 4.74 Å². The van der Waals surface area contributed by atoms with Crippen molar-refractivity contribution in [1.29, 1.82) is 0 Å². The van der Waals surface area contributed by atoms with Gasteiger partial charge in [-0.3, -0.25) is 4.79 Å². The van der Waals surface area contributed by atoms with Gasteiger partial charge in [0, 0.05) is 6.42 Å². The smallest absolute Gasteiger partial charge is 0.303 e. The molecule has 0 heterocycles. The number of hydrogen-bond donors (Lipinski definition) is 1. The fourth-order valence-corrected chi connectivity index (χ4v) is 2.34. The van der Waals surface area contributed by atoms with E-state index in [9.17, 15) is 4.79 Å². The van der Waals surface area contributed by atoms with Crippen LogP contribution in [0.1, 0.15) is 37.3 Å². The molecule has 0 saturated heterocycles. The third-order valence-electron chi connectivity index (χ3n) is 2.62. The van der Waals surface area contributed by atoms with Crippen molar-refractivity contribution in [2.45, 2.75) is 32.6 Å². The zero-order valence-electron chi connectivity index (χ0n) is 10.3. The molecule has 0 fully saturated rings. The minimum absolute atomic E-state index is 0.115. The van der Waals surface area contributed by atoms with E-state index >= 15 is 0 Å². The second kappa shape index (κ2) is 6.05. The molecule has 0 aliphatic carbocycles. The summed E-state index contributed by atoms with van der Waals surface area (Å²) in [6.45, 7) is 4.21. The Labute approximate surface area is 110 Å². The highest BCUT2D eigenvalue weighted by Crippen LogP contribution is 2.33. The van der Waals surface area contributed by atoms with Crippen LogP contribution in [0, 0.1) is 0 Å². The molecule has 17 heavy (non-hydrogen) atoms. The van der Waals surface area contributed by atoms with Crippen LogP contribution in [0.3, 0.4) is 0 Å². The molecule has 0 radical (unpaired) electrons. The molecule has 0 amide bonds. The lowest BCUT2D eigenvalue weighted by atomic mass is 9.98. The van der Waals surface area contributed by atoms with Crippen LogP contribution in [0.15, 0.2) is 16.6 Å². The number of hydrogen-bond acceptors (Lipinski definition) is 2. The number of carboxylic acid groups (broad SMARTS) is 1. The molecule has 1 aromatic carbocycles. The Balaban J connectivity index is 3.09. The van der Waals surface area contributed by atoms with Crippen LogP contribution in [0.2, 0.25) is 0 Å². The van der Waals surface area contributed by atoms with E-state index < -0.39 is 5.97 Å². The number of rotatable bonds is 5. The summed E-state index contributed by atoms with van der Waals surface area (Å²) in [6, 6.07) is 4.05. The predicted molar refractivity (Wildman–Crippen MR) is 70.7 cm³/mol. The van der Waals surface area contributed by atoms with Crippen LogP contribution in [0.4, 0.5) is 0 Å². The Morgan fingerprint density at radius 2 is 2.12 bits per heavy atom. The molecule has 0 aliphatic rings. The average molecular weight is 301 g/mol. The Kier molecular flexibility index (Phi) is 5.00. The van der Waals surface area contributed by atoms with Crippen LogP contribution in [0.25, 0.3) is 0 Å². The third-order valence-corrected chi connectivity index (χ3v) is 3.21. The molecule has 1 N–H and O–H groups in total. The lowest BCUT2D eigenvalue weighted by Gasteiger charge is -2.14. The Hall–Kier alpha value is -1.03. The molecule has 0 saturated carbocycles. The van der Waals surface area contributed by atoms with Crippen molar-refractivity contribution in [1.82, 2.24) is 0 Å². The standard InChI is InChI=1S/C13H17BrO3/c1-8(2)10-6-9(4-5-12(15)16)13(17-3)11(14)7-10/h6-8H,4-5H2,1-3H3,(H,15,16). The number of halogens is 1. The van der Waals surface area contributed by atoms with E-state index in [-0.39, 0.29) is 6.42 Å². The monoisotopic (exact) mass is 300 g/mol. The summed E-state index contributed by atoms with van der Waals surface area (Å²) in [5.74, 6) is 0.342. The van der Waals surface area contributed by atoms with Gasteiger partial charge >= 0.3 is 5.97 Å². The first-order chi connectivity index (χ1) is 7.95. The number of carboxylic acids is 1. The summed E-state index contributed by atoms with van der Waals surface area (Å²) in [7, 11) is 1.60. The second-order valence-corrected chi connectivity index (χ2v) is 5.10. The molecular formula is C13H17BrO3. The van der Waals surface area contributed by atoms with Gasteiger partial charge in [-0.2, -0.15) is 0 Å². The normalized spacial score (nSPS) is 10.6. The van der Waals surface area contributed by atoms with Gasteiger partial charge in [0.2, 0.25) is 0 Å². The molecule has 3 nitrogen and oxygen atoms in total. The first-order valence-corrected chi connectivity index (χ1v) is 6.33. The SMILES string of the molecule is COc1c(Br)cc(C(C)C)cc1CCC(=O)O. The van der Waals surface area contributed by atoms with Gasteiger partial charge in [-0.25, -0.2) is 0 Å². The molecular weight excluding hydrogens is 284 g/mol. The number of methoxy groups -OCH3 is 1. The van der Waals surface area contributed by atoms with Crippen molar-refractivity contribution >= 4 is 21.9 Å². The van der Waals surface area contributed by atoms with Gasteiger partial charge in [-0.15, -0.1) is 0 Å². The quantitative estimate of drug-likeness (QED) is 0.904. The van der Waals surface area contributed by atoms with Crippen molar-refractivity contribution < 1.29 is 14.6 Å². The van der Waals surface area contributed by atoms with Gasteiger partial charge < -0.3 is 9.84 Å². The summed E-state index contributed by atoms with van der Waals surface area (Å²) in [4.78, 5) is 10.6. The molecule has 0 unspecified atom stereocenters. The van der Waals surface area contributed by atoms with E-state index in [1.165, 1.54) is 5.56 Å². The fraction of sp³-hybridized carbons (Fsp3) is 0.462. The highest BCUT2D eigenvalue weighted by molar-refractivity contribution is 9.10. The molecule has 0 aliphatic heterocycles. The predicted octanol–water partition coefficient (Wildman–Crippen LogP) is 3.60. The van der Waals surface area contributed by atoms with Crippen LogP contribution in [-0.2, 0) is 11.2 Å². The largest absolute Gasteiger partial charge is 0.495 e. The van der Waals surface area contributed by atoms with Crippen molar-refractivity contribution in [2.75, 3.05) is 7.11 Å². The maximum atomic E-state index is 10.6. The number of aryl methyl sites for hydroxylation is 1. The molecule has 0 atom stereocenters. The van der Waals surface area contributed by atoms with Gasteiger partial charge in [-0.1, -0.05) is 19.9 Å². The molecule has 0 aromatic heterocycles. The zero-order valence-corrected chi connectivity index (χ0v) is 11.9. The van der Waals surface area contributed by atoms with E-state index in [4.69, 9.17) is 9.84 Å². The topological polar surface area (TPSA) is 46.5 Å². The Morgan fingerprint density at radius 1 is 1.47 bits per heavy atom. The van der Waals surface area contributed by atoms with E-state index in [0.717, 1.165) is 15.8 Å². The highest BCUT2D eigenvalue weighted by atomic mass is 79.9. The maximum Gasteiger partial charge on any atom is 0.303 e. The first-order valence-electron chi connectivity index (χ1n) is 5.53. The zero-order chi connectivity index (χ0) is 13.0. The van der Waals surface area contributed by atoms with Crippen LogP contribution in [0.5, 0.6) is 5.75 Å². The molecule has 0 bridgehead atoms. The summed E-state index contributed by atoms with van der Waals surface area (Å²) in [5, 5.41) is 8.73. The van der Waals surface area contributed by atoms with E-state index in [1.54, 1.807) is 7.11 Å². The van der Waals surface area contributed by atoms with Gasteiger partial charge in [0.1, 0.15) is 5.75 Å². The molecule has 4 heteroatoms. The fourth-order valence-electron chi connectivity index (χ4n) is 1.66. The van der Waals surface area contributed by atoms with Crippen molar-refractivity contribution in [3.05, 3.63) is 27.7 Å². The summed E-state index contributed by atoms with van der Waals surface area (Å²) < 4.78 is 6.18. The maximum absolute atomic E-state index is 10.6. The summed E-state index contributed by atoms with van der Waals surface area (Å²) in [6.07, 6.45) is 0.599. The minimum atomic E-state index is -0.793. The third kappa shape index (κ3) is 3.73. The lowest BCUT2D eigenvalue weighted by Crippen LogP contribution is -2.01. The molecule has 1 aromatic rings. The van der Waals surface area contributed by atoms with Crippen molar-refractivity contribution in [3.8, 4) is 5.75 Å². The van der Waals surface area contributed by atoms with Gasteiger partial charge in [-0.05, 0) is 45.5 Å². The molecule has 1 rings (SSSR count). The number of benzene rings is 1. The molecule has 94 valence electrons. The van der Waals surface area contributed by atoms with Gasteiger partial charge in [0.25, 0.3) is 0 Å². The Bertz CT molecular complexity index is 413. The highest BCUT2D eigenvalue weighted by Gasteiger charge is 2.12. The number of carbonyl (C=O) groups is 1. The second-order valence-electron chi connectivity index (χ2n) is 4.24. The van der Waals surface area contributed by atoms with Crippen LogP contribution >= 0.6 is 15.9 Å². The number of aliphatic carboxylic acids is 1. The summed E-state index contributed by atoms with van der Waals surface area (Å²) >= 11 is 3.46. The average Bonchev–Trinajstić information content (AvgIpc) is 2.25. The molecule has 0 spiro atoms. The van der Waals surface area contributed by atoms with Gasteiger partial charge in [0.05, 0.1) is 11.6 Å². The Morgan fingerprint density at radius 3 is 2.59 bits per heavy atom. The van der Waals surface area contributed by atoms with Crippen molar-refractivity contribution in [2.24, 2.45) is 0 Å². The minimum Gasteiger partial charge on any atom is -0.495 e. The van der Waals surface area contributed by atoms with E-state index in [0.29, 0.717) is 12.3 Å². The van der Waals surface area contributed by atoms with Crippen LogP contribution in [-0.4, -0.2) is 18.2 Å². The number of ether oxygens (including phenoxy) is 1. The summed E-state index contributed by atoms with van der Waals surface area (Å²) in [5.41, 5.74) is 2.12.